The van der Waals surface area contributed by atoms with E-state index in [2.05, 4.69) is 9.90 Å². The lowest BCUT2D eigenvalue weighted by Crippen LogP contribution is -2.55. The van der Waals surface area contributed by atoms with Crippen molar-refractivity contribution in [2.75, 3.05) is 13.2 Å². The van der Waals surface area contributed by atoms with Gasteiger partial charge in [-0.3, -0.25) is 9.59 Å². The van der Waals surface area contributed by atoms with Crippen LogP contribution in [0.5, 0.6) is 0 Å². The summed E-state index contributed by atoms with van der Waals surface area (Å²) >= 11 is 0.884. The molecule has 1 aliphatic heterocycles. The average molecular weight is 444 g/mol. The van der Waals surface area contributed by atoms with Gasteiger partial charge < -0.3 is 19.7 Å². The van der Waals surface area contributed by atoms with Gasteiger partial charge in [0.15, 0.2) is 0 Å². The van der Waals surface area contributed by atoms with E-state index in [-0.39, 0.29) is 23.7 Å². The summed E-state index contributed by atoms with van der Waals surface area (Å²) < 4.78 is 13.6. The molecular weight excluding hydrogens is 410 g/mol. The highest BCUT2D eigenvalue weighted by Crippen LogP contribution is 2.36. The third kappa shape index (κ3) is 6.16. The summed E-state index contributed by atoms with van der Waals surface area (Å²) in [5.41, 5.74) is -0.624. The van der Waals surface area contributed by atoms with E-state index in [0.717, 1.165) is 18.4 Å². The average Bonchev–Trinajstić information content (AvgIpc) is 3.28. The molecule has 5 unspecified atom stereocenters. The molecule has 9 nitrogen and oxygen atoms in total. The van der Waals surface area contributed by atoms with Gasteiger partial charge in [-0.15, -0.1) is 4.91 Å². The van der Waals surface area contributed by atoms with Crippen molar-refractivity contribution < 1.29 is 23.9 Å². The SMILES string of the molecule is CCOC(=O)C1CCC(SN=O)C1NC(C)C(=O)N1CCCC1C(=O)OC(C)(C)C. The Morgan fingerprint density at radius 3 is 2.50 bits per heavy atom. The van der Waals surface area contributed by atoms with Crippen LogP contribution in [0.1, 0.15) is 60.3 Å². The summed E-state index contributed by atoms with van der Waals surface area (Å²) in [7, 11) is 0. The minimum Gasteiger partial charge on any atom is -0.466 e. The molecule has 1 heterocycles. The highest BCUT2D eigenvalue weighted by Gasteiger charge is 2.45. The van der Waals surface area contributed by atoms with Crippen LogP contribution < -0.4 is 5.32 Å². The molecular formula is C20H33N3O6S. The van der Waals surface area contributed by atoms with Gasteiger partial charge in [0.25, 0.3) is 0 Å². The van der Waals surface area contributed by atoms with Gasteiger partial charge in [0.2, 0.25) is 5.91 Å². The molecule has 10 heteroatoms. The molecule has 0 radical (unpaired) electrons. The maximum Gasteiger partial charge on any atom is 0.329 e. The third-order valence-electron chi connectivity index (χ3n) is 5.39. The zero-order valence-electron chi connectivity index (χ0n) is 18.4. The van der Waals surface area contributed by atoms with Crippen molar-refractivity contribution in [1.82, 2.24) is 10.2 Å². The van der Waals surface area contributed by atoms with Crippen molar-refractivity contribution in [1.29, 1.82) is 0 Å². The number of carbonyl (C=O) groups is 3. The second-order valence-electron chi connectivity index (χ2n) is 8.79. The number of amides is 1. The Labute approximate surface area is 182 Å². The van der Waals surface area contributed by atoms with Gasteiger partial charge in [-0.25, -0.2) is 4.79 Å². The van der Waals surface area contributed by atoms with Crippen molar-refractivity contribution >= 4 is 29.8 Å². The van der Waals surface area contributed by atoms with Gasteiger partial charge in [0.05, 0.1) is 18.6 Å². The number of nitrogens with one attached hydrogen (secondary N) is 1. The number of ether oxygens (including phenoxy) is 2. The van der Waals surface area contributed by atoms with E-state index in [1.54, 1.807) is 39.5 Å². The predicted octanol–water partition coefficient (Wildman–Crippen LogP) is 2.42. The number of likely N-dealkylation sites (tertiary alicyclic amines) is 1. The summed E-state index contributed by atoms with van der Waals surface area (Å²) in [6.07, 6.45) is 2.48. The third-order valence-corrected chi connectivity index (χ3v) is 6.28. The zero-order valence-corrected chi connectivity index (χ0v) is 19.2. The van der Waals surface area contributed by atoms with Crippen molar-refractivity contribution in [3.05, 3.63) is 4.91 Å². The predicted molar refractivity (Wildman–Crippen MR) is 113 cm³/mol. The second kappa shape index (κ2) is 10.6. The molecule has 0 aromatic rings. The molecule has 1 N–H and O–H groups in total. The topological polar surface area (TPSA) is 114 Å². The Bertz CT molecular complexity index is 653. The Morgan fingerprint density at radius 2 is 1.90 bits per heavy atom. The minimum absolute atomic E-state index is 0.215. The quantitative estimate of drug-likeness (QED) is 0.346. The highest BCUT2D eigenvalue weighted by atomic mass is 32.2. The summed E-state index contributed by atoms with van der Waals surface area (Å²) in [6.45, 7) is 9.59. The van der Waals surface area contributed by atoms with Crippen LogP contribution in [0.2, 0.25) is 0 Å². The van der Waals surface area contributed by atoms with Gasteiger partial charge >= 0.3 is 11.9 Å². The van der Waals surface area contributed by atoms with E-state index in [4.69, 9.17) is 9.47 Å². The van der Waals surface area contributed by atoms with Gasteiger partial charge in [-0.2, -0.15) is 0 Å². The van der Waals surface area contributed by atoms with Crippen LogP contribution in [0, 0.1) is 10.8 Å². The fourth-order valence-corrected chi connectivity index (χ4v) is 4.88. The lowest BCUT2D eigenvalue weighted by Gasteiger charge is -2.31. The minimum atomic E-state index is -0.636. The van der Waals surface area contributed by atoms with E-state index >= 15 is 0 Å². The molecule has 1 saturated heterocycles. The standard InChI is InChI=1S/C20H33N3O6S/c1-6-28-18(25)13-9-10-15(30-22-27)16(13)21-12(2)17(24)23-11-7-8-14(23)19(26)29-20(3,4)5/h12-16,21H,6-11H2,1-5H3. The van der Waals surface area contributed by atoms with E-state index in [9.17, 15) is 19.3 Å². The first-order valence-electron chi connectivity index (χ1n) is 10.5. The Hall–Kier alpha value is -1.68. The normalized spacial score (nSPS) is 27.6. The van der Waals surface area contributed by atoms with E-state index in [0.29, 0.717) is 25.8 Å². The van der Waals surface area contributed by atoms with Crippen LogP contribution in [-0.4, -0.2) is 64.9 Å². The number of hydrogen-bond acceptors (Lipinski definition) is 9. The Kier molecular flexibility index (Phi) is 8.66. The summed E-state index contributed by atoms with van der Waals surface area (Å²) in [6, 6.07) is -1.65. The molecule has 1 aliphatic carbocycles. The lowest BCUT2D eigenvalue weighted by molar-refractivity contribution is -0.163. The molecule has 5 atom stereocenters. The lowest BCUT2D eigenvalue weighted by atomic mass is 10.0. The van der Waals surface area contributed by atoms with Crippen molar-refractivity contribution in [3.63, 3.8) is 0 Å². The second-order valence-corrected chi connectivity index (χ2v) is 9.76. The van der Waals surface area contributed by atoms with Crippen LogP contribution >= 0.6 is 11.9 Å². The fourth-order valence-electron chi connectivity index (χ4n) is 4.13. The molecule has 170 valence electrons. The molecule has 2 aliphatic rings. The number of esters is 2. The van der Waals surface area contributed by atoms with Gasteiger partial charge in [0.1, 0.15) is 11.6 Å². The number of nitrogens with zero attached hydrogens (tertiary/aromatic N) is 2. The van der Waals surface area contributed by atoms with Crippen molar-refractivity contribution in [2.45, 2.75) is 89.3 Å². The van der Waals surface area contributed by atoms with Gasteiger partial charge in [-0.05, 0) is 60.3 Å². The largest absolute Gasteiger partial charge is 0.466 e. The number of carbonyl (C=O) groups excluding carboxylic acids is 3. The maximum atomic E-state index is 13.1. The highest BCUT2D eigenvalue weighted by molar-refractivity contribution is 7.98. The summed E-state index contributed by atoms with van der Waals surface area (Å²) in [5.74, 6) is -1.40. The fraction of sp³-hybridized carbons (Fsp3) is 0.850. The van der Waals surface area contributed by atoms with Crippen LogP contribution in [0.4, 0.5) is 0 Å². The van der Waals surface area contributed by atoms with Crippen LogP contribution in [0.25, 0.3) is 0 Å². The first-order chi connectivity index (χ1) is 14.1. The summed E-state index contributed by atoms with van der Waals surface area (Å²) in [4.78, 5) is 50.4. The van der Waals surface area contributed by atoms with Crippen LogP contribution in [-0.2, 0) is 23.9 Å². The van der Waals surface area contributed by atoms with Crippen molar-refractivity contribution in [2.24, 2.45) is 10.5 Å². The Balaban J connectivity index is 2.08. The number of hydrogen-bond donors (Lipinski definition) is 1. The molecule has 0 aromatic heterocycles. The molecule has 1 amide bonds. The molecule has 0 aromatic carbocycles. The molecule has 30 heavy (non-hydrogen) atoms. The molecule has 1 saturated carbocycles. The molecule has 0 bridgehead atoms. The van der Waals surface area contributed by atoms with Crippen LogP contribution in [0.3, 0.4) is 0 Å². The first kappa shape index (κ1) is 24.6. The first-order valence-corrected chi connectivity index (χ1v) is 11.4. The number of nitroso groups, excluding NO2 is 1. The van der Waals surface area contributed by atoms with E-state index in [1.165, 1.54) is 0 Å². The van der Waals surface area contributed by atoms with Crippen molar-refractivity contribution in [3.8, 4) is 0 Å². The molecule has 2 fully saturated rings. The number of rotatable bonds is 8. The summed E-state index contributed by atoms with van der Waals surface area (Å²) in [5, 5.41) is 3.01. The van der Waals surface area contributed by atoms with Gasteiger partial charge in [-0.1, -0.05) is 0 Å². The monoisotopic (exact) mass is 443 g/mol. The zero-order chi connectivity index (χ0) is 22.5. The van der Waals surface area contributed by atoms with Crippen LogP contribution in [0.15, 0.2) is 4.58 Å². The van der Waals surface area contributed by atoms with E-state index in [1.807, 2.05) is 0 Å². The Morgan fingerprint density at radius 1 is 1.20 bits per heavy atom. The molecule has 0 spiro atoms. The smallest absolute Gasteiger partial charge is 0.329 e. The van der Waals surface area contributed by atoms with E-state index < -0.39 is 35.6 Å². The molecule has 2 rings (SSSR count). The van der Waals surface area contributed by atoms with Gasteiger partial charge in [0, 0.05) is 34.4 Å². The maximum absolute atomic E-state index is 13.1.